The van der Waals surface area contributed by atoms with Crippen molar-refractivity contribution in [2.24, 2.45) is 0 Å². The lowest BCUT2D eigenvalue weighted by Crippen LogP contribution is -1.87. The van der Waals surface area contributed by atoms with Crippen LogP contribution in [0.3, 0.4) is 0 Å². The van der Waals surface area contributed by atoms with E-state index in [4.69, 9.17) is 15.2 Å². The molecule has 200 valence electrons. The van der Waals surface area contributed by atoms with Crippen LogP contribution in [0, 0.1) is 0 Å². The van der Waals surface area contributed by atoms with Gasteiger partial charge in [0.05, 0.1) is 11.4 Å². The van der Waals surface area contributed by atoms with Gasteiger partial charge in [-0.25, -0.2) is 14.6 Å². The Balaban J connectivity index is 1.49. The predicted octanol–water partition coefficient (Wildman–Crippen LogP) is 7.78. The van der Waals surface area contributed by atoms with Crippen molar-refractivity contribution in [3.63, 3.8) is 0 Å². The quantitative estimate of drug-likeness (QED) is 0.131. The molecule has 0 saturated heterocycles. The first-order valence-electron chi connectivity index (χ1n) is 12.9. The molecule has 6 heteroatoms. The van der Waals surface area contributed by atoms with E-state index >= 15 is 0 Å². The van der Waals surface area contributed by atoms with Gasteiger partial charge in [-0.1, -0.05) is 115 Å². The van der Waals surface area contributed by atoms with Gasteiger partial charge in [0.15, 0.2) is 0 Å². The summed E-state index contributed by atoms with van der Waals surface area (Å²) in [6.07, 6.45) is 9.43. The van der Waals surface area contributed by atoms with Crippen LogP contribution in [0.2, 0.25) is 0 Å². The number of H-pyrrole nitrogens is 1. The average Bonchev–Trinajstić information content (AvgIpc) is 3.45. The van der Waals surface area contributed by atoms with Crippen LogP contribution in [0.1, 0.15) is 22.3 Å². The van der Waals surface area contributed by atoms with Crippen LogP contribution in [-0.2, 0) is 9.59 Å². The molecule has 0 atom stereocenters. The standard InChI is InChI=1S/C35H26N2O4/c38-31(39)22-14-26-8-16-28(17-9-26)33-34(29-18-10-27(11-19-29)15-23-32(40)41)37-35(36-33)30-20-12-25(13-21-30)7-6-24-4-2-1-3-5-24/h1-23H,(H,36,37)(H,38,39)(H,40,41). The number of carbonyl (C=O) groups is 2. The van der Waals surface area contributed by atoms with Gasteiger partial charge in [0.2, 0.25) is 0 Å². The maximum absolute atomic E-state index is 10.9. The Bertz CT molecular complexity index is 1660. The molecule has 0 radical (unpaired) electrons. The van der Waals surface area contributed by atoms with Crippen molar-refractivity contribution in [3.05, 3.63) is 138 Å². The summed E-state index contributed by atoms with van der Waals surface area (Å²) < 4.78 is 0. The summed E-state index contributed by atoms with van der Waals surface area (Å²) in [4.78, 5) is 30.2. The minimum Gasteiger partial charge on any atom is -0.478 e. The number of aliphatic carboxylic acids is 2. The highest BCUT2D eigenvalue weighted by Gasteiger charge is 2.15. The summed E-state index contributed by atoms with van der Waals surface area (Å²) in [7, 11) is 0. The average molecular weight is 539 g/mol. The number of aromatic amines is 1. The first-order valence-corrected chi connectivity index (χ1v) is 12.9. The number of nitrogens with one attached hydrogen (secondary N) is 1. The molecule has 0 unspecified atom stereocenters. The molecule has 0 saturated carbocycles. The molecule has 5 aromatic rings. The molecule has 6 nitrogen and oxygen atoms in total. The molecule has 0 aliphatic heterocycles. The van der Waals surface area contributed by atoms with Crippen LogP contribution < -0.4 is 0 Å². The second-order valence-corrected chi connectivity index (χ2v) is 9.26. The molecule has 0 spiro atoms. The third-order valence-corrected chi connectivity index (χ3v) is 6.38. The van der Waals surface area contributed by atoms with Crippen molar-refractivity contribution in [1.29, 1.82) is 0 Å². The Morgan fingerprint density at radius 2 is 0.976 bits per heavy atom. The minimum atomic E-state index is -1.00. The van der Waals surface area contributed by atoms with E-state index in [1.165, 1.54) is 0 Å². The van der Waals surface area contributed by atoms with Crippen LogP contribution in [0.4, 0.5) is 0 Å². The zero-order valence-corrected chi connectivity index (χ0v) is 21.9. The van der Waals surface area contributed by atoms with Gasteiger partial charge in [-0.2, -0.15) is 0 Å². The minimum absolute atomic E-state index is 0.707. The van der Waals surface area contributed by atoms with E-state index in [2.05, 4.69) is 29.3 Å². The topological polar surface area (TPSA) is 103 Å². The molecule has 1 heterocycles. The number of carboxylic acid groups (broad SMARTS) is 2. The van der Waals surface area contributed by atoms with Crippen molar-refractivity contribution in [3.8, 4) is 33.9 Å². The lowest BCUT2D eigenvalue weighted by molar-refractivity contribution is -0.132. The summed E-state index contributed by atoms with van der Waals surface area (Å²) in [5, 5.41) is 17.8. The largest absolute Gasteiger partial charge is 0.478 e. The van der Waals surface area contributed by atoms with Gasteiger partial charge in [-0.05, 0) is 34.4 Å². The van der Waals surface area contributed by atoms with Crippen molar-refractivity contribution >= 4 is 36.2 Å². The number of hydrogen-bond acceptors (Lipinski definition) is 3. The van der Waals surface area contributed by atoms with Crippen molar-refractivity contribution < 1.29 is 19.8 Å². The van der Waals surface area contributed by atoms with Crippen LogP contribution in [0.25, 0.3) is 58.2 Å². The number of carboxylic acids is 2. The van der Waals surface area contributed by atoms with Crippen molar-refractivity contribution in [2.45, 2.75) is 0 Å². The second-order valence-electron chi connectivity index (χ2n) is 9.26. The van der Waals surface area contributed by atoms with E-state index in [9.17, 15) is 9.59 Å². The monoisotopic (exact) mass is 538 g/mol. The van der Waals surface area contributed by atoms with Gasteiger partial charge in [-0.3, -0.25) is 0 Å². The normalized spacial score (nSPS) is 11.5. The van der Waals surface area contributed by atoms with Gasteiger partial charge in [0.25, 0.3) is 0 Å². The molecule has 4 aromatic carbocycles. The summed E-state index contributed by atoms with van der Waals surface area (Å²) in [5.41, 5.74) is 7.98. The summed E-state index contributed by atoms with van der Waals surface area (Å²) in [6, 6.07) is 33.3. The van der Waals surface area contributed by atoms with Crippen molar-refractivity contribution in [2.75, 3.05) is 0 Å². The third kappa shape index (κ3) is 7.02. The zero-order valence-electron chi connectivity index (χ0n) is 21.9. The van der Waals surface area contributed by atoms with E-state index < -0.39 is 11.9 Å². The molecular weight excluding hydrogens is 512 g/mol. The number of hydrogen-bond donors (Lipinski definition) is 3. The van der Waals surface area contributed by atoms with E-state index in [1.54, 1.807) is 12.2 Å². The van der Waals surface area contributed by atoms with Gasteiger partial charge < -0.3 is 15.2 Å². The van der Waals surface area contributed by atoms with Crippen LogP contribution in [0.15, 0.2) is 115 Å². The molecule has 0 fully saturated rings. The third-order valence-electron chi connectivity index (χ3n) is 6.38. The van der Waals surface area contributed by atoms with E-state index in [1.807, 2.05) is 91.0 Å². The molecule has 1 aromatic heterocycles. The number of rotatable bonds is 9. The molecule has 0 amide bonds. The maximum atomic E-state index is 10.9. The zero-order chi connectivity index (χ0) is 28.6. The Kier molecular flexibility index (Phi) is 8.12. The Labute approximate surface area is 237 Å². The summed E-state index contributed by atoms with van der Waals surface area (Å²) in [5.74, 6) is -1.30. The number of benzene rings is 4. The van der Waals surface area contributed by atoms with Gasteiger partial charge >= 0.3 is 11.9 Å². The Hall–Kier alpha value is -5.75. The molecule has 0 bridgehead atoms. The van der Waals surface area contributed by atoms with Gasteiger partial charge in [0.1, 0.15) is 5.82 Å². The molecule has 41 heavy (non-hydrogen) atoms. The van der Waals surface area contributed by atoms with E-state index in [0.717, 1.165) is 62.5 Å². The molecular formula is C35H26N2O4. The fourth-order valence-corrected chi connectivity index (χ4v) is 4.28. The van der Waals surface area contributed by atoms with Crippen LogP contribution in [0.5, 0.6) is 0 Å². The lowest BCUT2D eigenvalue weighted by atomic mass is 10.0. The van der Waals surface area contributed by atoms with Crippen LogP contribution in [-0.4, -0.2) is 32.1 Å². The molecule has 3 N–H and O–H groups in total. The van der Waals surface area contributed by atoms with E-state index in [-0.39, 0.29) is 0 Å². The van der Waals surface area contributed by atoms with Crippen LogP contribution >= 0.6 is 0 Å². The fourth-order valence-electron chi connectivity index (χ4n) is 4.28. The second kappa shape index (κ2) is 12.4. The Morgan fingerprint density at radius 1 is 0.537 bits per heavy atom. The maximum Gasteiger partial charge on any atom is 0.328 e. The van der Waals surface area contributed by atoms with Crippen molar-refractivity contribution in [1.82, 2.24) is 9.97 Å². The first-order chi connectivity index (χ1) is 19.9. The molecule has 0 aliphatic rings. The highest BCUT2D eigenvalue weighted by atomic mass is 16.4. The summed E-state index contributed by atoms with van der Waals surface area (Å²) >= 11 is 0. The highest BCUT2D eigenvalue weighted by molar-refractivity contribution is 5.87. The number of imidazole rings is 1. The predicted molar refractivity (Wildman–Crippen MR) is 164 cm³/mol. The van der Waals surface area contributed by atoms with Gasteiger partial charge in [0, 0.05) is 28.8 Å². The highest BCUT2D eigenvalue weighted by Crippen LogP contribution is 2.33. The first kappa shape index (κ1) is 26.8. The van der Waals surface area contributed by atoms with E-state index in [0.29, 0.717) is 5.82 Å². The smallest absolute Gasteiger partial charge is 0.328 e. The lowest BCUT2D eigenvalue weighted by Gasteiger charge is -2.05. The fraction of sp³-hybridized carbons (Fsp3) is 0. The summed E-state index contributed by atoms with van der Waals surface area (Å²) in [6.45, 7) is 0. The Morgan fingerprint density at radius 3 is 1.49 bits per heavy atom. The number of nitrogens with zero attached hydrogens (tertiary/aromatic N) is 1. The molecule has 0 aliphatic carbocycles. The molecule has 5 rings (SSSR count). The SMILES string of the molecule is O=C(O)C=Cc1ccc(-c2nc(-c3ccc(C=Cc4ccccc4)cc3)[nH]c2-c2ccc(C=CC(=O)O)cc2)cc1. The number of aromatic nitrogens is 2. The van der Waals surface area contributed by atoms with Gasteiger partial charge in [-0.15, -0.1) is 0 Å².